The molecule has 6 heteroatoms. The van der Waals surface area contributed by atoms with Crippen LogP contribution in [0.15, 0.2) is 77.7 Å². The number of fused-ring (bicyclic) bond motifs is 1. The van der Waals surface area contributed by atoms with E-state index >= 15 is 0 Å². The summed E-state index contributed by atoms with van der Waals surface area (Å²) in [6.07, 6.45) is 1.29. The number of carbonyl (C=O) groups excluding carboxylic acids is 1. The number of carbonyl (C=O) groups is 1. The van der Waals surface area contributed by atoms with E-state index in [0.29, 0.717) is 19.0 Å². The van der Waals surface area contributed by atoms with Gasteiger partial charge in [-0.2, -0.15) is 0 Å². The SMILES string of the molecule is Cc1ccc2ccc(CNC(=O)c3cnc(COCc4ccccc4)[nH]c3=O)cc2c1. The molecule has 0 saturated carbocycles. The molecule has 1 amide bonds. The van der Waals surface area contributed by atoms with Gasteiger partial charge in [-0.1, -0.05) is 66.2 Å². The summed E-state index contributed by atoms with van der Waals surface area (Å²) in [5.41, 5.74) is 2.66. The molecule has 1 heterocycles. The molecule has 31 heavy (non-hydrogen) atoms. The first kappa shape index (κ1) is 20.5. The van der Waals surface area contributed by atoms with Crippen LogP contribution in [0.1, 0.15) is 32.9 Å². The maximum absolute atomic E-state index is 12.5. The molecule has 6 nitrogen and oxygen atoms in total. The largest absolute Gasteiger partial charge is 0.369 e. The minimum Gasteiger partial charge on any atom is -0.369 e. The number of nitrogens with zero attached hydrogens (tertiary/aromatic N) is 1. The zero-order valence-electron chi connectivity index (χ0n) is 17.2. The highest BCUT2D eigenvalue weighted by Gasteiger charge is 2.12. The molecule has 0 atom stereocenters. The molecular weight excluding hydrogens is 390 g/mol. The van der Waals surface area contributed by atoms with Crippen molar-refractivity contribution in [3.05, 3.63) is 111 Å². The van der Waals surface area contributed by atoms with Gasteiger partial charge in [0.2, 0.25) is 0 Å². The molecule has 0 aliphatic carbocycles. The second-order valence-corrected chi connectivity index (χ2v) is 7.42. The summed E-state index contributed by atoms with van der Waals surface area (Å²) in [7, 11) is 0. The van der Waals surface area contributed by atoms with Crippen molar-refractivity contribution in [3.63, 3.8) is 0 Å². The van der Waals surface area contributed by atoms with Gasteiger partial charge < -0.3 is 15.0 Å². The predicted octanol–water partition coefficient (Wildman–Crippen LogP) is 3.88. The number of amides is 1. The quantitative estimate of drug-likeness (QED) is 0.482. The Kier molecular flexibility index (Phi) is 6.19. The van der Waals surface area contributed by atoms with E-state index in [-0.39, 0.29) is 12.2 Å². The van der Waals surface area contributed by atoms with Crippen molar-refractivity contribution in [1.29, 1.82) is 0 Å². The summed E-state index contributed by atoms with van der Waals surface area (Å²) in [5, 5.41) is 5.05. The highest BCUT2D eigenvalue weighted by molar-refractivity contribution is 5.93. The second kappa shape index (κ2) is 9.36. The molecule has 0 aliphatic rings. The number of benzene rings is 3. The van der Waals surface area contributed by atoms with Crippen LogP contribution in [0, 0.1) is 6.92 Å². The van der Waals surface area contributed by atoms with E-state index in [4.69, 9.17) is 4.74 Å². The number of ether oxygens (including phenoxy) is 1. The molecule has 1 aromatic heterocycles. The first-order chi connectivity index (χ1) is 15.1. The van der Waals surface area contributed by atoms with Gasteiger partial charge >= 0.3 is 0 Å². The van der Waals surface area contributed by atoms with Crippen LogP contribution in [0.5, 0.6) is 0 Å². The highest BCUT2D eigenvalue weighted by Crippen LogP contribution is 2.17. The zero-order chi connectivity index (χ0) is 21.6. The predicted molar refractivity (Wildman–Crippen MR) is 120 cm³/mol. The summed E-state index contributed by atoms with van der Waals surface area (Å²) in [4.78, 5) is 31.6. The van der Waals surface area contributed by atoms with Crippen molar-refractivity contribution in [2.24, 2.45) is 0 Å². The summed E-state index contributed by atoms with van der Waals surface area (Å²) in [6.45, 7) is 2.94. The lowest BCUT2D eigenvalue weighted by molar-refractivity contribution is 0.0944. The van der Waals surface area contributed by atoms with Crippen LogP contribution in [-0.4, -0.2) is 15.9 Å². The van der Waals surface area contributed by atoms with E-state index < -0.39 is 11.5 Å². The molecule has 0 bridgehead atoms. The number of hydrogen-bond acceptors (Lipinski definition) is 4. The maximum atomic E-state index is 12.5. The number of hydrogen-bond donors (Lipinski definition) is 2. The Labute approximate surface area is 179 Å². The Morgan fingerprint density at radius 3 is 2.58 bits per heavy atom. The van der Waals surface area contributed by atoms with Gasteiger partial charge in [-0.25, -0.2) is 4.98 Å². The maximum Gasteiger partial charge on any atom is 0.263 e. The smallest absolute Gasteiger partial charge is 0.263 e. The first-order valence-corrected chi connectivity index (χ1v) is 10.1. The summed E-state index contributed by atoms with van der Waals surface area (Å²) >= 11 is 0. The van der Waals surface area contributed by atoms with Crippen molar-refractivity contribution < 1.29 is 9.53 Å². The van der Waals surface area contributed by atoms with Crippen LogP contribution < -0.4 is 10.9 Å². The fraction of sp³-hybridized carbons (Fsp3) is 0.160. The number of nitrogens with one attached hydrogen (secondary N) is 2. The van der Waals surface area contributed by atoms with Crippen molar-refractivity contribution in [1.82, 2.24) is 15.3 Å². The molecule has 156 valence electrons. The van der Waals surface area contributed by atoms with Crippen LogP contribution in [0.25, 0.3) is 10.8 Å². The average molecular weight is 413 g/mol. The summed E-state index contributed by atoms with van der Waals surface area (Å²) in [6, 6.07) is 22.0. The Bertz CT molecular complexity index is 1270. The van der Waals surface area contributed by atoms with Crippen molar-refractivity contribution in [2.75, 3.05) is 0 Å². The zero-order valence-corrected chi connectivity index (χ0v) is 17.2. The molecule has 4 rings (SSSR count). The molecule has 3 aromatic carbocycles. The number of H-pyrrole nitrogens is 1. The van der Waals surface area contributed by atoms with Gasteiger partial charge in [0, 0.05) is 12.7 Å². The topological polar surface area (TPSA) is 84.1 Å². The van der Waals surface area contributed by atoms with E-state index in [1.165, 1.54) is 11.8 Å². The number of rotatable bonds is 7. The average Bonchev–Trinajstić information content (AvgIpc) is 2.78. The van der Waals surface area contributed by atoms with E-state index in [0.717, 1.165) is 21.9 Å². The third-order valence-electron chi connectivity index (χ3n) is 4.96. The molecule has 4 aromatic rings. The Balaban J connectivity index is 1.35. The van der Waals surface area contributed by atoms with Gasteiger partial charge in [0.1, 0.15) is 18.0 Å². The van der Waals surface area contributed by atoms with Crippen LogP contribution in [0.2, 0.25) is 0 Å². The first-order valence-electron chi connectivity index (χ1n) is 10.1. The summed E-state index contributed by atoms with van der Waals surface area (Å²) in [5.74, 6) is -0.0859. The monoisotopic (exact) mass is 413 g/mol. The van der Waals surface area contributed by atoms with Crippen LogP contribution >= 0.6 is 0 Å². The fourth-order valence-electron chi connectivity index (χ4n) is 3.31. The third-order valence-corrected chi connectivity index (χ3v) is 4.96. The Hall–Kier alpha value is -3.77. The fourth-order valence-corrected chi connectivity index (χ4v) is 3.31. The summed E-state index contributed by atoms with van der Waals surface area (Å²) < 4.78 is 5.58. The molecule has 0 unspecified atom stereocenters. The van der Waals surface area contributed by atoms with Gasteiger partial charge in [0.15, 0.2) is 0 Å². The molecule has 0 radical (unpaired) electrons. The van der Waals surface area contributed by atoms with Crippen molar-refractivity contribution >= 4 is 16.7 Å². The van der Waals surface area contributed by atoms with Gasteiger partial charge in [-0.05, 0) is 34.9 Å². The molecule has 0 aliphatic heterocycles. The van der Waals surface area contributed by atoms with Gasteiger partial charge in [0.05, 0.1) is 6.61 Å². The molecule has 0 saturated heterocycles. The van der Waals surface area contributed by atoms with Crippen molar-refractivity contribution in [2.45, 2.75) is 26.7 Å². The van der Waals surface area contributed by atoms with E-state index in [9.17, 15) is 9.59 Å². The number of aromatic nitrogens is 2. The molecular formula is C25H23N3O3. The van der Waals surface area contributed by atoms with E-state index in [2.05, 4.69) is 33.5 Å². The van der Waals surface area contributed by atoms with E-state index in [1.54, 1.807) is 0 Å². The van der Waals surface area contributed by atoms with Gasteiger partial charge in [-0.3, -0.25) is 9.59 Å². The van der Waals surface area contributed by atoms with Crippen LogP contribution in [0.4, 0.5) is 0 Å². The Morgan fingerprint density at radius 1 is 0.968 bits per heavy atom. The lowest BCUT2D eigenvalue weighted by atomic mass is 10.0. The molecule has 0 fully saturated rings. The van der Waals surface area contributed by atoms with Gasteiger partial charge in [-0.15, -0.1) is 0 Å². The normalized spacial score (nSPS) is 10.9. The van der Waals surface area contributed by atoms with Crippen LogP contribution in [-0.2, 0) is 24.5 Å². The minimum absolute atomic E-state index is 0.0246. The minimum atomic E-state index is -0.486. The second-order valence-electron chi connectivity index (χ2n) is 7.42. The third kappa shape index (κ3) is 5.24. The Morgan fingerprint density at radius 2 is 1.77 bits per heavy atom. The lowest BCUT2D eigenvalue weighted by Gasteiger charge is -2.08. The lowest BCUT2D eigenvalue weighted by Crippen LogP contribution is -2.30. The highest BCUT2D eigenvalue weighted by atomic mass is 16.5. The van der Waals surface area contributed by atoms with Crippen molar-refractivity contribution in [3.8, 4) is 0 Å². The van der Waals surface area contributed by atoms with Gasteiger partial charge in [0.25, 0.3) is 11.5 Å². The number of aromatic amines is 1. The van der Waals surface area contributed by atoms with Crippen LogP contribution in [0.3, 0.4) is 0 Å². The molecule has 0 spiro atoms. The van der Waals surface area contributed by atoms with E-state index in [1.807, 2.05) is 55.5 Å². The molecule has 2 N–H and O–H groups in total. The standard InChI is InChI=1S/C25H23N3O3/c1-17-7-9-20-10-8-19(12-21(20)11-17)13-27-24(29)22-14-26-23(28-25(22)30)16-31-15-18-5-3-2-4-6-18/h2-12,14H,13,15-16H2,1H3,(H,27,29)(H,26,28,30). The number of aryl methyl sites for hydroxylation is 1.